The van der Waals surface area contributed by atoms with Crippen molar-refractivity contribution in [2.24, 2.45) is 0 Å². The van der Waals surface area contributed by atoms with Crippen LogP contribution >= 0.6 is 0 Å². The lowest BCUT2D eigenvalue weighted by molar-refractivity contribution is 0.115. The predicted molar refractivity (Wildman–Crippen MR) is 99.0 cm³/mol. The highest BCUT2D eigenvalue weighted by Crippen LogP contribution is 2.19. The summed E-state index contributed by atoms with van der Waals surface area (Å²) in [5.74, 6) is 1.52. The minimum atomic E-state index is 0.0710. The van der Waals surface area contributed by atoms with Crippen LogP contribution in [0.4, 0.5) is 4.79 Å². The van der Waals surface area contributed by atoms with Gasteiger partial charge in [-0.05, 0) is 19.9 Å². The molecule has 0 radical (unpaired) electrons. The molecule has 7 heteroatoms. The Morgan fingerprint density at radius 1 is 1.32 bits per heavy atom. The normalized spacial score (nSPS) is 16.5. The minimum absolute atomic E-state index is 0.0710. The maximum absolute atomic E-state index is 12.0. The number of oxazole rings is 1. The Labute approximate surface area is 150 Å². The van der Waals surface area contributed by atoms with Gasteiger partial charge in [-0.15, -0.1) is 0 Å². The summed E-state index contributed by atoms with van der Waals surface area (Å²) in [6.07, 6.45) is 5.93. The van der Waals surface area contributed by atoms with E-state index in [4.69, 9.17) is 4.42 Å². The van der Waals surface area contributed by atoms with E-state index in [9.17, 15) is 4.79 Å². The van der Waals surface area contributed by atoms with Crippen LogP contribution in [0.1, 0.15) is 24.3 Å². The Kier molecular flexibility index (Phi) is 6.64. The van der Waals surface area contributed by atoms with Crippen molar-refractivity contribution in [3.63, 3.8) is 0 Å². The number of urea groups is 1. The molecule has 1 fully saturated rings. The zero-order chi connectivity index (χ0) is 18.4. The van der Waals surface area contributed by atoms with Crippen molar-refractivity contribution in [1.29, 1.82) is 0 Å². The van der Waals surface area contributed by atoms with Gasteiger partial charge < -0.3 is 19.5 Å². The third kappa shape index (κ3) is 4.85. The Morgan fingerprint density at radius 2 is 2.00 bits per heavy atom. The number of nitrogens with one attached hydrogen (secondary N) is 1. The molecule has 25 heavy (non-hydrogen) atoms. The summed E-state index contributed by atoms with van der Waals surface area (Å²) in [4.78, 5) is 22.4. The molecule has 138 valence electrons. The van der Waals surface area contributed by atoms with Gasteiger partial charge in [0.1, 0.15) is 11.5 Å². The van der Waals surface area contributed by atoms with Crippen LogP contribution in [-0.2, 0) is 6.54 Å². The average molecular weight is 347 g/mol. The van der Waals surface area contributed by atoms with Crippen LogP contribution < -0.4 is 5.32 Å². The van der Waals surface area contributed by atoms with Crippen molar-refractivity contribution in [2.45, 2.75) is 20.4 Å². The molecular formula is C18H29N5O2. The van der Waals surface area contributed by atoms with Crippen molar-refractivity contribution < 1.29 is 9.21 Å². The molecule has 0 bridgehead atoms. The first-order chi connectivity index (χ1) is 12.0. The van der Waals surface area contributed by atoms with E-state index in [-0.39, 0.29) is 6.03 Å². The van der Waals surface area contributed by atoms with Crippen LogP contribution in [0.25, 0.3) is 5.70 Å². The summed E-state index contributed by atoms with van der Waals surface area (Å²) in [5.41, 5.74) is 1.78. The Balaban J connectivity index is 1.99. The Morgan fingerprint density at radius 3 is 2.56 bits per heavy atom. The molecule has 1 saturated heterocycles. The maximum atomic E-state index is 12.0. The number of piperazine rings is 1. The van der Waals surface area contributed by atoms with Crippen LogP contribution in [0, 0.1) is 6.92 Å². The third-order valence-electron chi connectivity index (χ3n) is 4.20. The fraction of sp³-hybridized carbons (Fsp3) is 0.556. The number of carbonyl (C=O) groups excluding carboxylic acids is 1. The first-order valence-electron chi connectivity index (χ1n) is 8.62. The van der Waals surface area contributed by atoms with E-state index in [1.54, 1.807) is 19.0 Å². The van der Waals surface area contributed by atoms with Crippen molar-refractivity contribution in [3.8, 4) is 0 Å². The van der Waals surface area contributed by atoms with E-state index in [0.29, 0.717) is 12.4 Å². The summed E-state index contributed by atoms with van der Waals surface area (Å²) < 4.78 is 5.85. The van der Waals surface area contributed by atoms with Gasteiger partial charge in [0.25, 0.3) is 0 Å². The number of aryl methyl sites for hydroxylation is 1. The van der Waals surface area contributed by atoms with Crippen LogP contribution in [0.3, 0.4) is 0 Å². The van der Waals surface area contributed by atoms with Gasteiger partial charge in [-0.25, -0.2) is 9.78 Å². The molecule has 0 spiro atoms. The van der Waals surface area contributed by atoms with E-state index in [0.717, 1.165) is 43.3 Å². The SMILES string of the molecule is C/C=C\C=C(\NC)c1nc(CN2CCN(C(=O)N(C)C)CC2)oc1C. The molecule has 1 aliphatic heterocycles. The van der Waals surface area contributed by atoms with Gasteiger partial charge in [-0.3, -0.25) is 4.90 Å². The topological polar surface area (TPSA) is 64.9 Å². The molecule has 1 N–H and O–H groups in total. The molecule has 2 amide bonds. The maximum Gasteiger partial charge on any atom is 0.319 e. The van der Waals surface area contributed by atoms with Crippen molar-refractivity contribution >= 4 is 11.7 Å². The van der Waals surface area contributed by atoms with E-state index in [1.807, 2.05) is 44.0 Å². The second kappa shape index (κ2) is 8.71. The lowest BCUT2D eigenvalue weighted by Crippen LogP contribution is -2.51. The first-order valence-corrected chi connectivity index (χ1v) is 8.62. The van der Waals surface area contributed by atoms with Gasteiger partial charge in [0.05, 0.1) is 12.2 Å². The lowest BCUT2D eigenvalue weighted by Gasteiger charge is -2.35. The second-order valence-corrected chi connectivity index (χ2v) is 6.31. The number of hydrogen-bond acceptors (Lipinski definition) is 5. The average Bonchev–Trinajstić information content (AvgIpc) is 2.96. The standard InChI is InChI=1S/C18H29N5O2/c1-6-7-8-15(19-3)17-14(2)25-16(20-17)13-22-9-11-23(12-10-22)18(24)21(4)5/h6-8,19H,9-13H2,1-5H3/b7-6-,15-8+. The monoisotopic (exact) mass is 347 g/mol. The summed E-state index contributed by atoms with van der Waals surface area (Å²) >= 11 is 0. The number of carbonyl (C=O) groups is 1. The number of amides is 2. The van der Waals surface area contributed by atoms with Gasteiger partial charge in [-0.1, -0.05) is 12.2 Å². The molecule has 0 saturated carbocycles. The third-order valence-corrected chi connectivity index (χ3v) is 4.20. The van der Waals surface area contributed by atoms with Crippen LogP contribution in [0.5, 0.6) is 0 Å². The van der Waals surface area contributed by atoms with Gasteiger partial charge >= 0.3 is 6.03 Å². The summed E-state index contributed by atoms with van der Waals surface area (Å²) in [6, 6.07) is 0.0710. The first kappa shape index (κ1) is 19.1. The molecule has 0 aromatic carbocycles. The molecule has 1 aromatic heterocycles. The van der Waals surface area contributed by atoms with E-state index in [2.05, 4.69) is 15.2 Å². The van der Waals surface area contributed by atoms with Gasteiger partial charge in [0.15, 0.2) is 0 Å². The van der Waals surface area contributed by atoms with Crippen molar-refractivity contribution in [3.05, 3.63) is 35.6 Å². The minimum Gasteiger partial charge on any atom is -0.444 e. The summed E-state index contributed by atoms with van der Waals surface area (Å²) in [6.45, 7) is 7.67. The largest absolute Gasteiger partial charge is 0.444 e. The Bertz CT molecular complexity index is 640. The number of aromatic nitrogens is 1. The van der Waals surface area contributed by atoms with Crippen molar-refractivity contribution in [2.75, 3.05) is 47.3 Å². The van der Waals surface area contributed by atoms with Crippen LogP contribution in [0.2, 0.25) is 0 Å². The number of nitrogens with zero attached hydrogens (tertiary/aromatic N) is 4. The zero-order valence-corrected chi connectivity index (χ0v) is 15.9. The number of rotatable bonds is 5. The van der Waals surface area contributed by atoms with E-state index in [1.165, 1.54) is 0 Å². The summed E-state index contributed by atoms with van der Waals surface area (Å²) in [5, 5.41) is 3.16. The van der Waals surface area contributed by atoms with Crippen LogP contribution in [-0.4, -0.2) is 73.0 Å². The molecular weight excluding hydrogens is 318 g/mol. The molecule has 0 aliphatic carbocycles. The highest BCUT2D eigenvalue weighted by Gasteiger charge is 2.23. The quantitative estimate of drug-likeness (QED) is 0.825. The predicted octanol–water partition coefficient (Wildman–Crippen LogP) is 1.92. The molecule has 1 aliphatic rings. The molecule has 2 heterocycles. The molecule has 0 atom stereocenters. The Hall–Kier alpha value is -2.28. The zero-order valence-electron chi connectivity index (χ0n) is 15.9. The number of allylic oxidation sites excluding steroid dienone is 3. The van der Waals surface area contributed by atoms with Crippen LogP contribution in [0.15, 0.2) is 22.6 Å². The lowest BCUT2D eigenvalue weighted by atomic mass is 10.2. The smallest absolute Gasteiger partial charge is 0.319 e. The molecule has 7 nitrogen and oxygen atoms in total. The molecule has 2 rings (SSSR count). The number of hydrogen-bond donors (Lipinski definition) is 1. The highest BCUT2D eigenvalue weighted by molar-refractivity contribution is 5.73. The van der Waals surface area contributed by atoms with E-state index < -0.39 is 0 Å². The summed E-state index contributed by atoms with van der Waals surface area (Å²) in [7, 11) is 5.45. The second-order valence-electron chi connectivity index (χ2n) is 6.31. The fourth-order valence-corrected chi connectivity index (χ4v) is 2.81. The van der Waals surface area contributed by atoms with Gasteiger partial charge in [0, 0.05) is 47.3 Å². The van der Waals surface area contributed by atoms with E-state index >= 15 is 0 Å². The fourth-order valence-electron chi connectivity index (χ4n) is 2.81. The molecule has 0 unspecified atom stereocenters. The van der Waals surface area contributed by atoms with Crippen molar-refractivity contribution in [1.82, 2.24) is 25.0 Å². The highest BCUT2D eigenvalue weighted by atomic mass is 16.4. The van der Waals surface area contributed by atoms with Gasteiger partial charge in [-0.2, -0.15) is 0 Å². The van der Waals surface area contributed by atoms with Gasteiger partial charge in [0.2, 0.25) is 5.89 Å². The molecule has 1 aromatic rings.